The first-order valence-corrected chi connectivity index (χ1v) is 8.80. The summed E-state index contributed by atoms with van der Waals surface area (Å²) in [5.74, 6) is 1.12. The Bertz CT molecular complexity index is 589. The van der Waals surface area contributed by atoms with E-state index in [1.807, 2.05) is 18.2 Å². The van der Waals surface area contributed by atoms with Crippen LogP contribution in [0.25, 0.3) is 0 Å². The van der Waals surface area contributed by atoms with Crippen LogP contribution >= 0.6 is 11.6 Å². The molecule has 0 spiro atoms. The maximum Gasteiger partial charge on any atom is 0.243 e. The molecule has 2 nitrogen and oxygen atoms in total. The molecule has 1 unspecified atom stereocenters. The molecular weight excluding hydrogens is 306 g/mol. The number of benzene rings is 1. The molecule has 0 bridgehead atoms. The Morgan fingerprint density at radius 1 is 1.35 bits per heavy atom. The highest BCUT2D eigenvalue weighted by atomic mass is 35.5. The zero-order chi connectivity index (χ0) is 16.7. The second-order valence-corrected chi connectivity index (χ2v) is 7.12. The third-order valence-corrected chi connectivity index (χ3v) is 4.38. The summed E-state index contributed by atoms with van der Waals surface area (Å²) in [4.78, 5) is 11.5. The molecule has 23 heavy (non-hydrogen) atoms. The number of amides is 1. The van der Waals surface area contributed by atoms with Gasteiger partial charge in [-0.3, -0.25) is 4.79 Å². The minimum absolute atomic E-state index is 0.0235. The summed E-state index contributed by atoms with van der Waals surface area (Å²) in [6, 6.07) is 6.24. The largest absolute Gasteiger partial charge is 0.352 e. The first-order chi connectivity index (χ1) is 11.0. The topological polar surface area (TPSA) is 29.1 Å². The first-order valence-electron chi connectivity index (χ1n) is 8.43. The molecule has 2 rings (SSSR count). The van der Waals surface area contributed by atoms with Crippen molar-refractivity contribution >= 4 is 17.5 Å². The summed E-state index contributed by atoms with van der Waals surface area (Å²) >= 11 is 6.08. The van der Waals surface area contributed by atoms with Crippen LogP contribution < -0.4 is 5.32 Å². The molecule has 0 aromatic heterocycles. The molecule has 124 valence electrons. The maximum absolute atomic E-state index is 11.5. The van der Waals surface area contributed by atoms with Crippen molar-refractivity contribution in [3.63, 3.8) is 0 Å². The first kappa shape index (κ1) is 17.8. The van der Waals surface area contributed by atoms with Gasteiger partial charge in [0.1, 0.15) is 0 Å². The number of hydrogen-bond donors (Lipinski definition) is 1. The van der Waals surface area contributed by atoms with Gasteiger partial charge in [-0.2, -0.15) is 0 Å². The van der Waals surface area contributed by atoms with E-state index in [1.165, 1.54) is 17.5 Å². The summed E-state index contributed by atoms with van der Waals surface area (Å²) in [6.45, 7) is 4.88. The molecule has 0 fully saturated rings. The Labute approximate surface area is 144 Å². The van der Waals surface area contributed by atoms with Crippen LogP contribution in [0.2, 0.25) is 5.02 Å². The van der Waals surface area contributed by atoms with Crippen molar-refractivity contribution in [3.05, 3.63) is 58.7 Å². The van der Waals surface area contributed by atoms with E-state index in [2.05, 4.69) is 37.4 Å². The van der Waals surface area contributed by atoms with Crippen molar-refractivity contribution in [2.75, 3.05) is 6.54 Å². The molecule has 1 amide bonds. The van der Waals surface area contributed by atoms with Crippen LogP contribution in [-0.2, 0) is 17.6 Å². The molecule has 0 saturated heterocycles. The van der Waals surface area contributed by atoms with E-state index in [0.29, 0.717) is 11.8 Å². The van der Waals surface area contributed by atoms with Crippen molar-refractivity contribution in [2.45, 2.75) is 39.5 Å². The van der Waals surface area contributed by atoms with Gasteiger partial charge in [-0.05, 0) is 60.8 Å². The number of carbonyl (C=O) groups excluding carboxylic acids is 1. The monoisotopic (exact) mass is 331 g/mol. The molecule has 0 aliphatic heterocycles. The van der Waals surface area contributed by atoms with Crippen molar-refractivity contribution in [1.82, 2.24) is 5.32 Å². The molecule has 1 N–H and O–H groups in total. The van der Waals surface area contributed by atoms with E-state index >= 15 is 0 Å². The van der Waals surface area contributed by atoms with Crippen LogP contribution in [0.4, 0.5) is 0 Å². The number of nitrogens with one attached hydrogen (secondary N) is 1. The van der Waals surface area contributed by atoms with E-state index in [9.17, 15) is 4.79 Å². The molecule has 1 aliphatic rings. The Hall–Kier alpha value is -1.54. The van der Waals surface area contributed by atoms with Gasteiger partial charge in [0, 0.05) is 17.6 Å². The maximum atomic E-state index is 11.5. The fourth-order valence-corrected chi connectivity index (χ4v) is 3.05. The molecule has 0 saturated carbocycles. The van der Waals surface area contributed by atoms with Crippen molar-refractivity contribution in [2.24, 2.45) is 11.8 Å². The Morgan fingerprint density at radius 2 is 2.17 bits per heavy atom. The van der Waals surface area contributed by atoms with Gasteiger partial charge in [-0.15, -0.1) is 0 Å². The van der Waals surface area contributed by atoms with Crippen molar-refractivity contribution in [3.8, 4) is 0 Å². The highest BCUT2D eigenvalue weighted by molar-refractivity contribution is 6.30. The lowest BCUT2D eigenvalue weighted by molar-refractivity contribution is -0.116. The minimum Gasteiger partial charge on any atom is -0.352 e. The van der Waals surface area contributed by atoms with Crippen molar-refractivity contribution < 1.29 is 4.79 Å². The van der Waals surface area contributed by atoms with E-state index in [-0.39, 0.29) is 5.91 Å². The second kappa shape index (κ2) is 8.93. The summed E-state index contributed by atoms with van der Waals surface area (Å²) in [6.07, 6.45) is 12.0. The summed E-state index contributed by atoms with van der Waals surface area (Å²) < 4.78 is 0. The molecule has 0 heterocycles. The highest BCUT2D eigenvalue weighted by Gasteiger charge is 2.17. The van der Waals surface area contributed by atoms with E-state index in [0.717, 1.165) is 30.8 Å². The number of rotatable bonds is 6. The van der Waals surface area contributed by atoms with Gasteiger partial charge in [-0.25, -0.2) is 0 Å². The molecule has 1 aliphatic carbocycles. The molecule has 3 heteroatoms. The Balaban J connectivity index is 1.75. The summed E-state index contributed by atoms with van der Waals surface area (Å²) in [5.41, 5.74) is 2.84. The van der Waals surface area contributed by atoms with E-state index in [4.69, 9.17) is 11.6 Å². The average Bonchev–Trinajstić information content (AvgIpc) is 2.52. The van der Waals surface area contributed by atoms with Crippen LogP contribution in [0.1, 0.15) is 37.8 Å². The summed E-state index contributed by atoms with van der Waals surface area (Å²) in [7, 11) is 0. The Morgan fingerprint density at radius 3 is 2.96 bits per heavy atom. The third-order valence-electron chi connectivity index (χ3n) is 4.15. The normalized spacial score (nSPS) is 17.8. The zero-order valence-electron chi connectivity index (χ0n) is 14.0. The smallest absolute Gasteiger partial charge is 0.243 e. The SMILES string of the molecule is CC(C)CNC(=O)/C=C/C=C/CC1CCc2ccc(Cl)cc2C1. The molecule has 0 radical (unpaired) electrons. The van der Waals surface area contributed by atoms with Gasteiger partial charge in [0.05, 0.1) is 0 Å². The minimum atomic E-state index is -0.0235. The number of halogens is 1. The molecular formula is C20H26ClNO. The molecule has 1 aromatic rings. The lowest BCUT2D eigenvalue weighted by atomic mass is 9.82. The molecule has 1 atom stereocenters. The lowest BCUT2D eigenvalue weighted by Gasteiger charge is -2.23. The quantitative estimate of drug-likeness (QED) is 0.593. The van der Waals surface area contributed by atoms with E-state index < -0.39 is 0 Å². The van der Waals surface area contributed by atoms with Crippen LogP contribution in [-0.4, -0.2) is 12.5 Å². The van der Waals surface area contributed by atoms with Crippen LogP contribution in [0, 0.1) is 11.8 Å². The zero-order valence-corrected chi connectivity index (χ0v) is 14.8. The summed E-state index contributed by atoms with van der Waals surface area (Å²) in [5, 5.41) is 3.70. The number of allylic oxidation sites excluding steroid dienone is 3. The number of hydrogen-bond acceptors (Lipinski definition) is 1. The fraction of sp³-hybridized carbons (Fsp3) is 0.450. The van der Waals surface area contributed by atoms with Gasteiger partial charge in [0.25, 0.3) is 0 Å². The van der Waals surface area contributed by atoms with Gasteiger partial charge >= 0.3 is 0 Å². The van der Waals surface area contributed by atoms with Gasteiger partial charge in [-0.1, -0.05) is 49.7 Å². The standard InChI is InChI=1S/C20H26ClNO/c1-15(2)14-22-20(23)7-5-3-4-6-16-8-9-17-10-11-19(21)13-18(17)12-16/h3-5,7,10-11,13,15-16H,6,8-9,12,14H2,1-2H3,(H,22,23)/b4-3+,7-5+. The van der Waals surface area contributed by atoms with Crippen LogP contribution in [0.15, 0.2) is 42.5 Å². The number of carbonyl (C=O) groups is 1. The van der Waals surface area contributed by atoms with Crippen LogP contribution in [0.5, 0.6) is 0 Å². The van der Waals surface area contributed by atoms with Gasteiger partial charge < -0.3 is 5.32 Å². The predicted octanol–water partition coefficient (Wildman–Crippen LogP) is 4.72. The number of fused-ring (bicyclic) bond motifs is 1. The number of aryl methyl sites for hydroxylation is 1. The van der Waals surface area contributed by atoms with E-state index in [1.54, 1.807) is 6.08 Å². The van der Waals surface area contributed by atoms with Gasteiger partial charge in [0.15, 0.2) is 0 Å². The molecule has 1 aromatic carbocycles. The van der Waals surface area contributed by atoms with Gasteiger partial charge in [0.2, 0.25) is 5.91 Å². The average molecular weight is 332 g/mol. The van der Waals surface area contributed by atoms with Crippen molar-refractivity contribution in [1.29, 1.82) is 0 Å². The predicted molar refractivity (Wildman–Crippen MR) is 97.7 cm³/mol. The fourth-order valence-electron chi connectivity index (χ4n) is 2.86. The Kier molecular flexibility index (Phi) is 6.91. The highest BCUT2D eigenvalue weighted by Crippen LogP contribution is 2.29. The van der Waals surface area contributed by atoms with Crippen LogP contribution in [0.3, 0.4) is 0 Å². The third kappa shape index (κ3) is 6.23. The lowest BCUT2D eigenvalue weighted by Crippen LogP contribution is -2.25. The second-order valence-electron chi connectivity index (χ2n) is 6.68.